The van der Waals surface area contributed by atoms with Gasteiger partial charge in [0.25, 0.3) is 0 Å². The van der Waals surface area contributed by atoms with E-state index in [0.29, 0.717) is 36.2 Å². The summed E-state index contributed by atoms with van der Waals surface area (Å²) in [7, 11) is 3.43. The van der Waals surface area contributed by atoms with E-state index in [0.717, 1.165) is 42.6 Å². The molecule has 8 heteroatoms. The predicted molar refractivity (Wildman–Crippen MR) is 124 cm³/mol. The second-order valence-electron chi connectivity index (χ2n) is 8.00. The maximum Gasteiger partial charge on any atom is 0.228 e. The third-order valence-electron chi connectivity index (χ3n) is 5.64. The number of nitrogens with zero attached hydrogens (tertiary/aromatic N) is 1. The van der Waals surface area contributed by atoms with Crippen molar-refractivity contribution in [2.45, 2.75) is 31.8 Å². The Morgan fingerprint density at radius 1 is 1.19 bits per heavy atom. The van der Waals surface area contributed by atoms with Gasteiger partial charge in [-0.1, -0.05) is 12.6 Å². The molecule has 8 nitrogen and oxygen atoms in total. The van der Waals surface area contributed by atoms with Crippen LogP contribution in [0, 0.1) is 5.92 Å². The lowest BCUT2D eigenvalue weighted by atomic mass is 10.1. The summed E-state index contributed by atoms with van der Waals surface area (Å²) in [6.45, 7) is 5.47. The fourth-order valence-electron chi connectivity index (χ4n) is 3.61. The highest BCUT2D eigenvalue weighted by atomic mass is 16.5. The molecule has 2 fully saturated rings. The first-order chi connectivity index (χ1) is 15.6. The van der Waals surface area contributed by atoms with Crippen LogP contribution in [-0.4, -0.2) is 44.4 Å². The fourth-order valence-corrected chi connectivity index (χ4v) is 3.61. The van der Waals surface area contributed by atoms with Gasteiger partial charge < -0.3 is 30.2 Å². The van der Waals surface area contributed by atoms with Crippen molar-refractivity contribution in [1.82, 2.24) is 10.3 Å². The number of hydrogen-bond donors (Lipinski definition) is 3. The number of para-hydroxylation sites is 1. The number of aromatic nitrogens is 1. The molecule has 1 saturated heterocycles. The third-order valence-corrected chi connectivity index (χ3v) is 5.64. The maximum absolute atomic E-state index is 12.2. The van der Waals surface area contributed by atoms with Crippen molar-refractivity contribution in [3.05, 3.63) is 42.6 Å². The summed E-state index contributed by atoms with van der Waals surface area (Å²) < 4.78 is 17.4. The van der Waals surface area contributed by atoms with E-state index in [1.54, 1.807) is 20.4 Å². The van der Waals surface area contributed by atoms with Crippen LogP contribution in [0.2, 0.25) is 0 Å². The van der Waals surface area contributed by atoms with Crippen LogP contribution in [0.4, 0.5) is 17.2 Å². The average molecular weight is 439 g/mol. The van der Waals surface area contributed by atoms with E-state index in [2.05, 4.69) is 27.5 Å². The zero-order valence-corrected chi connectivity index (χ0v) is 18.6. The summed E-state index contributed by atoms with van der Waals surface area (Å²) in [4.78, 5) is 16.6. The molecule has 1 aliphatic carbocycles. The second kappa shape index (κ2) is 9.91. The first-order valence-electron chi connectivity index (χ1n) is 11.0. The predicted octanol–water partition coefficient (Wildman–Crippen LogP) is 3.93. The van der Waals surface area contributed by atoms with E-state index in [1.807, 2.05) is 24.3 Å². The van der Waals surface area contributed by atoms with E-state index in [4.69, 9.17) is 14.2 Å². The Kier molecular flexibility index (Phi) is 6.80. The number of amides is 1. The van der Waals surface area contributed by atoms with Crippen LogP contribution in [0.3, 0.4) is 0 Å². The molecule has 0 spiro atoms. The van der Waals surface area contributed by atoms with Gasteiger partial charge >= 0.3 is 0 Å². The number of methoxy groups -OCH3 is 1. The monoisotopic (exact) mass is 438 g/mol. The molecule has 0 atom stereocenters. The van der Waals surface area contributed by atoms with Gasteiger partial charge in [0.2, 0.25) is 5.91 Å². The Morgan fingerprint density at radius 2 is 1.97 bits per heavy atom. The first-order valence-corrected chi connectivity index (χ1v) is 11.0. The standard InChI is InChI=1S/C24H30N4O4/c1-15(25-2)18-14-26-22(28-24(29)16-7-8-16)13-20(18)27-19-5-4-6-21(23(19)30-3)32-17-9-11-31-12-10-17/h4-6,13-14,16-17,25H,1,7-12H2,2-3H3,(H2,26,27,28,29). The van der Waals surface area contributed by atoms with E-state index >= 15 is 0 Å². The van der Waals surface area contributed by atoms with Crippen LogP contribution in [0.25, 0.3) is 5.70 Å². The SMILES string of the molecule is C=C(NC)c1cnc(NC(=O)C2CC2)cc1Nc1cccc(OC2CCOCC2)c1OC. The minimum absolute atomic E-state index is 0.00748. The summed E-state index contributed by atoms with van der Waals surface area (Å²) in [6, 6.07) is 7.55. The molecule has 1 amide bonds. The van der Waals surface area contributed by atoms with Crippen molar-refractivity contribution >= 4 is 28.8 Å². The fraction of sp³-hybridized carbons (Fsp3) is 0.417. The summed E-state index contributed by atoms with van der Waals surface area (Å²) in [6.07, 6.45) is 5.35. The van der Waals surface area contributed by atoms with Crippen LogP contribution < -0.4 is 25.4 Å². The van der Waals surface area contributed by atoms with E-state index in [1.165, 1.54) is 0 Å². The molecule has 32 heavy (non-hydrogen) atoms. The zero-order valence-electron chi connectivity index (χ0n) is 18.6. The Bertz CT molecular complexity index is 984. The van der Waals surface area contributed by atoms with Crippen molar-refractivity contribution in [2.75, 3.05) is 38.0 Å². The number of pyridine rings is 1. The minimum atomic E-state index is 0.00748. The Hall–Kier alpha value is -3.26. The normalized spacial score (nSPS) is 16.2. The number of ether oxygens (including phenoxy) is 3. The van der Waals surface area contributed by atoms with Gasteiger partial charge in [-0.05, 0) is 25.0 Å². The number of rotatable bonds is 9. The lowest BCUT2D eigenvalue weighted by Gasteiger charge is -2.25. The molecule has 0 radical (unpaired) electrons. The molecule has 1 aromatic carbocycles. The molecule has 2 heterocycles. The number of carbonyl (C=O) groups excluding carboxylic acids is 1. The summed E-state index contributed by atoms with van der Waals surface area (Å²) in [5.41, 5.74) is 2.98. The van der Waals surface area contributed by atoms with Crippen LogP contribution in [-0.2, 0) is 9.53 Å². The topological polar surface area (TPSA) is 93.7 Å². The van der Waals surface area contributed by atoms with Gasteiger partial charge in [-0.25, -0.2) is 4.98 Å². The summed E-state index contributed by atoms with van der Waals surface area (Å²) in [5, 5.41) is 9.38. The molecule has 0 bridgehead atoms. The van der Waals surface area contributed by atoms with E-state index < -0.39 is 0 Å². The van der Waals surface area contributed by atoms with Gasteiger partial charge in [-0.15, -0.1) is 0 Å². The molecular weight excluding hydrogens is 408 g/mol. The molecular formula is C24H30N4O4. The van der Waals surface area contributed by atoms with Gasteiger partial charge in [-0.2, -0.15) is 0 Å². The average Bonchev–Trinajstić information content (AvgIpc) is 3.65. The van der Waals surface area contributed by atoms with E-state index in [9.17, 15) is 4.79 Å². The van der Waals surface area contributed by atoms with Gasteiger partial charge in [0.15, 0.2) is 11.5 Å². The molecule has 3 N–H and O–H groups in total. The lowest BCUT2D eigenvalue weighted by molar-refractivity contribution is -0.117. The Morgan fingerprint density at radius 3 is 2.66 bits per heavy atom. The molecule has 1 aromatic heterocycles. The number of hydrogen-bond acceptors (Lipinski definition) is 7. The molecule has 2 aromatic rings. The van der Waals surface area contributed by atoms with Crippen LogP contribution in [0.5, 0.6) is 11.5 Å². The highest BCUT2D eigenvalue weighted by molar-refractivity contribution is 5.94. The Balaban J connectivity index is 1.61. The van der Waals surface area contributed by atoms with Gasteiger partial charge in [-0.3, -0.25) is 4.79 Å². The van der Waals surface area contributed by atoms with Crippen molar-refractivity contribution in [3.63, 3.8) is 0 Å². The molecule has 1 aliphatic heterocycles. The summed E-state index contributed by atoms with van der Waals surface area (Å²) >= 11 is 0. The molecule has 4 rings (SSSR count). The highest BCUT2D eigenvalue weighted by Gasteiger charge is 2.30. The number of carbonyl (C=O) groups is 1. The summed E-state index contributed by atoms with van der Waals surface area (Å²) in [5.74, 6) is 1.88. The molecule has 1 saturated carbocycles. The van der Waals surface area contributed by atoms with Crippen molar-refractivity contribution < 1.29 is 19.0 Å². The molecule has 2 aliphatic rings. The highest BCUT2D eigenvalue weighted by Crippen LogP contribution is 2.39. The van der Waals surface area contributed by atoms with Crippen molar-refractivity contribution in [2.24, 2.45) is 5.92 Å². The van der Waals surface area contributed by atoms with Gasteiger partial charge in [0.05, 0.1) is 31.7 Å². The zero-order chi connectivity index (χ0) is 22.5. The van der Waals surface area contributed by atoms with Gasteiger partial charge in [0.1, 0.15) is 11.9 Å². The van der Waals surface area contributed by atoms with Crippen molar-refractivity contribution in [1.29, 1.82) is 0 Å². The van der Waals surface area contributed by atoms with Crippen LogP contribution in [0.1, 0.15) is 31.2 Å². The maximum atomic E-state index is 12.2. The lowest BCUT2D eigenvalue weighted by Crippen LogP contribution is -2.26. The number of benzene rings is 1. The largest absolute Gasteiger partial charge is 0.491 e. The van der Waals surface area contributed by atoms with Crippen LogP contribution in [0.15, 0.2) is 37.0 Å². The third kappa shape index (κ3) is 5.13. The van der Waals surface area contributed by atoms with Crippen LogP contribution >= 0.6 is 0 Å². The molecule has 170 valence electrons. The number of nitrogens with one attached hydrogen (secondary N) is 3. The van der Waals surface area contributed by atoms with Gasteiger partial charge in [0, 0.05) is 49.3 Å². The minimum Gasteiger partial charge on any atom is -0.491 e. The quantitative estimate of drug-likeness (QED) is 0.546. The van der Waals surface area contributed by atoms with Crippen molar-refractivity contribution in [3.8, 4) is 11.5 Å². The number of anilines is 3. The molecule has 0 unspecified atom stereocenters. The first kappa shape index (κ1) is 22.0. The van der Waals surface area contributed by atoms with E-state index in [-0.39, 0.29) is 17.9 Å². The smallest absolute Gasteiger partial charge is 0.228 e. The Labute approximate surface area is 188 Å². The second-order valence-corrected chi connectivity index (χ2v) is 8.00.